The fourth-order valence-electron chi connectivity index (χ4n) is 0.934. The highest BCUT2D eigenvalue weighted by atomic mass is 35.5. The average Bonchev–Trinajstić information content (AvgIpc) is 2.08. The highest BCUT2D eigenvalue weighted by Gasteiger charge is 2.15. The van der Waals surface area contributed by atoms with Crippen LogP contribution in [0.4, 0.5) is 4.39 Å². The Labute approximate surface area is 86.3 Å². The lowest BCUT2D eigenvalue weighted by Gasteiger charge is -2.08. The van der Waals surface area contributed by atoms with Crippen molar-refractivity contribution in [2.45, 2.75) is 19.9 Å². The predicted octanol–water partition coefficient (Wildman–Crippen LogP) is 2.01. The third-order valence-electron chi connectivity index (χ3n) is 1.51. The van der Waals surface area contributed by atoms with Gasteiger partial charge < -0.3 is 5.32 Å². The van der Waals surface area contributed by atoms with Crippen LogP contribution in [0.1, 0.15) is 24.2 Å². The summed E-state index contributed by atoms with van der Waals surface area (Å²) in [6.07, 6.45) is 1.29. The second-order valence-corrected chi connectivity index (χ2v) is 3.45. The minimum atomic E-state index is -0.785. The van der Waals surface area contributed by atoms with E-state index in [9.17, 15) is 9.18 Å². The highest BCUT2D eigenvalue weighted by molar-refractivity contribution is 6.29. The molecular formula is C9H10ClFN2O. The molecule has 76 valence electrons. The number of carbonyl (C=O) groups excluding carboxylic acids is 1. The molecule has 0 aromatic carbocycles. The Bertz CT molecular complexity index is 355. The molecule has 1 aromatic heterocycles. The van der Waals surface area contributed by atoms with Crippen LogP contribution in [0.2, 0.25) is 5.15 Å². The average molecular weight is 217 g/mol. The van der Waals surface area contributed by atoms with Gasteiger partial charge >= 0.3 is 0 Å². The van der Waals surface area contributed by atoms with E-state index in [1.165, 1.54) is 12.3 Å². The molecule has 0 unspecified atom stereocenters. The monoisotopic (exact) mass is 216 g/mol. The number of carbonyl (C=O) groups is 1. The molecule has 0 spiro atoms. The number of hydrogen-bond donors (Lipinski definition) is 1. The molecule has 0 aliphatic heterocycles. The number of amides is 1. The van der Waals surface area contributed by atoms with Gasteiger partial charge in [-0.1, -0.05) is 11.6 Å². The van der Waals surface area contributed by atoms with Crippen LogP contribution in [0.5, 0.6) is 0 Å². The predicted molar refractivity (Wildman–Crippen MR) is 51.8 cm³/mol. The van der Waals surface area contributed by atoms with Gasteiger partial charge in [0.1, 0.15) is 0 Å². The van der Waals surface area contributed by atoms with Crippen molar-refractivity contribution in [1.82, 2.24) is 10.3 Å². The molecule has 3 nitrogen and oxygen atoms in total. The number of rotatable bonds is 2. The van der Waals surface area contributed by atoms with Gasteiger partial charge in [-0.3, -0.25) is 4.79 Å². The summed E-state index contributed by atoms with van der Waals surface area (Å²) in [6.45, 7) is 3.58. The summed E-state index contributed by atoms with van der Waals surface area (Å²) in [5.74, 6) is -1.27. The lowest BCUT2D eigenvalue weighted by molar-refractivity contribution is 0.0939. The van der Waals surface area contributed by atoms with Crippen LogP contribution in [0.15, 0.2) is 12.3 Å². The van der Waals surface area contributed by atoms with Crippen LogP contribution < -0.4 is 5.32 Å². The van der Waals surface area contributed by atoms with Crippen LogP contribution in [-0.4, -0.2) is 16.9 Å². The van der Waals surface area contributed by atoms with Gasteiger partial charge in [0.25, 0.3) is 5.91 Å². The summed E-state index contributed by atoms with van der Waals surface area (Å²) in [5.41, 5.74) is -0.0845. The second kappa shape index (κ2) is 4.37. The van der Waals surface area contributed by atoms with E-state index in [1.807, 2.05) is 0 Å². The largest absolute Gasteiger partial charge is 0.350 e. The first-order valence-electron chi connectivity index (χ1n) is 4.13. The molecule has 0 saturated heterocycles. The van der Waals surface area contributed by atoms with Gasteiger partial charge in [-0.25, -0.2) is 9.37 Å². The Hall–Kier alpha value is -1.16. The smallest absolute Gasteiger partial charge is 0.254 e. The lowest BCUT2D eigenvalue weighted by atomic mass is 10.2. The van der Waals surface area contributed by atoms with E-state index in [-0.39, 0.29) is 16.8 Å². The van der Waals surface area contributed by atoms with Crippen molar-refractivity contribution in [1.29, 1.82) is 0 Å². The molecule has 1 rings (SSSR count). The van der Waals surface area contributed by atoms with Gasteiger partial charge in [0, 0.05) is 12.2 Å². The van der Waals surface area contributed by atoms with E-state index in [2.05, 4.69) is 10.3 Å². The summed E-state index contributed by atoms with van der Waals surface area (Å²) in [7, 11) is 0. The van der Waals surface area contributed by atoms with Gasteiger partial charge in [0.15, 0.2) is 11.0 Å². The Morgan fingerprint density at radius 1 is 1.64 bits per heavy atom. The molecule has 1 heterocycles. The topological polar surface area (TPSA) is 42.0 Å². The number of hydrogen-bond acceptors (Lipinski definition) is 2. The number of pyridine rings is 1. The first-order chi connectivity index (χ1) is 6.52. The van der Waals surface area contributed by atoms with Crippen LogP contribution in [0.3, 0.4) is 0 Å². The third kappa shape index (κ3) is 2.42. The van der Waals surface area contributed by atoms with Crippen LogP contribution in [0.25, 0.3) is 0 Å². The maximum atomic E-state index is 13.2. The Morgan fingerprint density at radius 2 is 2.29 bits per heavy atom. The molecule has 5 heteroatoms. The third-order valence-corrected chi connectivity index (χ3v) is 1.77. The number of nitrogens with one attached hydrogen (secondary N) is 1. The van der Waals surface area contributed by atoms with Gasteiger partial charge in [0.2, 0.25) is 0 Å². The molecule has 1 amide bonds. The molecule has 0 aliphatic carbocycles. The van der Waals surface area contributed by atoms with Crippen LogP contribution in [0, 0.1) is 5.82 Å². The SMILES string of the molecule is CC(C)NC(=O)c1ccnc(Cl)c1F. The molecule has 1 N–H and O–H groups in total. The maximum absolute atomic E-state index is 13.2. The van der Waals surface area contributed by atoms with E-state index >= 15 is 0 Å². The number of nitrogens with zero attached hydrogens (tertiary/aromatic N) is 1. The fourth-order valence-corrected chi connectivity index (χ4v) is 1.09. The lowest BCUT2D eigenvalue weighted by Crippen LogP contribution is -2.30. The van der Waals surface area contributed by atoms with E-state index in [0.717, 1.165) is 0 Å². The zero-order valence-electron chi connectivity index (χ0n) is 7.84. The quantitative estimate of drug-likeness (QED) is 0.769. The van der Waals surface area contributed by atoms with Crippen molar-refractivity contribution in [3.63, 3.8) is 0 Å². The van der Waals surface area contributed by atoms with Crippen molar-refractivity contribution in [3.8, 4) is 0 Å². The molecule has 0 aliphatic rings. The van der Waals surface area contributed by atoms with E-state index < -0.39 is 11.7 Å². The first kappa shape index (κ1) is 10.9. The first-order valence-corrected chi connectivity index (χ1v) is 4.51. The van der Waals surface area contributed by atoms with Gasteiger partial charge in [-0.2, -0.15) is 0 Å². The molecule has 1 aromatic rings. The molecule has 0 saturated carbocycles. The molecule has 0 radical (unpaired) electrons. The Balaban J connectivity index is 2.96. The molecular weight excluding hydrogens is 207 g/mol. The van der Waals surface area contributed by atoms with Crippen molar-refractivity contribution < 1.29 is 9.18 Å². The van der Waals surface area contributed by atoms with Gasteiger partial charge in [-0.15, -0.1) is 0 Å². The zero-order chi connectivity index (χ0) is 10.7. The summed E-state index contributed by atoms with van der Waals surface area (Å²) >= 11 is 5.43. The molecule has 0 fully saturated rings. The molecule has 0 atom stereocenters. The molecule has 14 heavy (non-hydrogen) atoms. The van der Waals surface area contributed by atoms with Crippen LogP contribution >= 0.6 is 11.6 Å². The van der Waals surface area contributed by atoms with Crippen molar-refractivity contribution >= 4 is 17.5 Å². The normalized spacial score (nSPS) is 10.4. The standard InChI is InChI=1S/C9H10ClFN2O/c1-5(2)13-9(14)6-3-4-12-8(10)7(6)11/h3-5H,1-2H3,(H,13,14). The van der Waals surface area contributed by atoms with Crippen molar-refractivity contribution in [2.75, 3.05) is 0 Å². The second-order valence-electron chi connectivity index (χ2n) is 3.09. The van der Waals surface area contributed by atoms with E-state index in [0.29, 0.717) is 0 Å². The maximum Gasteiger partial charge on any atom is 0.254 e. The van der Waals surface area contributed by atoms with Gasteiger partial charge in [0.05, 0.1) is 5.56 Å². The highest BCUT2D eigenvalue weighted by Crippen LogP contribution is 2.14. The van der Waals surface area contributed by atoms with E-state index in [4.69, 9.17) is 11.6 Å². The molecule has 0 bridgehead atoms. The number of aromatic nitrogens is 1. The van der Waals surface area contributed by atoms with Gasteiger partial charge in [-0.05, 0) is 19.9 Å². The van der Waals surface area contributed by atoms with Crippen molar-refractivity contribution in [3.05, 3.63) is 28.8 Å². The minimum absolute atomic E-state index is 0.0474. The summed E-state index contributed by atoms with van der Waals surface area (Å²) in [4.78, 5) is 14.9. The van der Waals surface area contributed by atoms with Crippen molar-refractivity contribution in [2.24, 2.45) is 0 Å². The minimum Gasteiger partial charge on any atom is -0.350 e. The summed E-state index contributed by atoms with van der Waals surface area (Å²) in [5, 5.41) is 2.27. The van der Waals surface area contributed by atoms with E-state index in [1.54, 1.807) is 13.8 Å². The van der Waals surface area contributed by atoms with Crippen LogP contribution in [-0.2, 0) is 0 Å². The summed E-state index contributed by atoms with van der Waals surface area (Å²) in [6, 6.07) is 1.24. The Morgan fingerprint density at radius 3 is 2.86 bits per heavy atom. The zero-order valence-corrected chi connectivity index (χ0v) is 8.60. The fraction of sp³-hybridized carbons (Fsp3) is 0.333. The summed E-state index contributed by atoms with van der Waals surface area (Å²) < 4.78 is 13.2. The number of halogens is 2. The Kier molecular flexibility index (Phi) is 3.41.